The molecule has 0 unspecified atom stereocenters. The van der Waals surface area contributed by atoms with Crippen LogP contribution in [0, 0.1) is 0 Å². The third-order valence-corrected chi connectivity index (χ3v) is 12.8. The maximum absolute atomic E-state index is 8.70. The second-order valence-electron chi connectivity index (χ2n) is 7.17. The average Bonchev–Trinajstić information content (AvgIpc) is 2.95. The summed E-state index contributed by atoms with van der Waals surface area (Å²) in [6, 6.07) is -0.00823. The molecule has 0 amide bonds. The van der Waals surface area contributed by atoms with Crippen molar-refractivity contribution in [3.63, 3.8) is 0 Å². The van der Waals surface area contributed by atoms with Gasteiger partial charge in [-0.25, -0.2) is 0 Å². The van der Waals surface area contributed by atoms with Gasteiger partial charge >= 0.3 is 0 Å². The van der Waals surface area contributed by atoms with E-state index in [-0.39, 0.29) is 15.2 Å². The van der Waals surface area contributed by atoms with Gasteiger partial charge in [0.1, 0.15) is 0 Å². The van der Waals surface area contributed by atoms with E-state index in [9.17, 15) is 0 Å². The van der Waals surface area contributed by atoms with Gasteiger partial charge in [0, 0.05) is 16.4 Å². The monoisotopic (exact) mass is 343 g/mol. The summed E-state index contributed by atoms with van der Waals surface area (Å²) < 4.78 is 6.50. The van der Waals surface area contributed by atoms with E-state index in [1.54, 1.807) is 0 Å². The lowest BCUT2D eigenvalue weighted by atomic mass is 10.2. The second-order valence-corrected chi connectivity index (χ2v) is 15.0. The fourth-order valence-electron chi connectivity index (χ4n) is 2.36. The third-order valence-electron chi connectivity index (χ3n) is 4.71. The van der Waals surface area contributed by atoms with Crippen LogP contribution in [0.2, 0.25) is 18.1 Å². The van der Waals surface area contributed by atoms with Gasteiger partial charge in [0.25, 0.3) is 0 Å². The topological polar surface area (TPSA) is 58.0 Å². The van der Waals surface area contributed by atoms with Crippen LogP contribution in [-0.4, -0.2) is 36.6 Å². The maximum Gasteiger partial charge on any atom is 0.192 e. The molecule has 1 aliphatic heterocycles. The molecule has 1 spiro atoms. The van der Waals surface area contributed by atoms with Crippen molar-refractivity contribution in [1.29, 1.82) is 0 Å². The van der Waals surface area contributed by atoms with E-state index in [4.69, 9.17) is 9.96 Å². The Kier molecular flexibility index (Phi) is 5.10. The van der Waals surface area contributed by atoms with Gasteiger partial charge in [0.15, 0.2) is 8.32 Å². The lowest BCUT2D eigenvalue weighted by molar-refractivity contribution is 0.315. The zero-order valence-electron chi connectivity index (χ0n) is 13.5. The fourth-order valence-corrected chi connectivity index (χ4v) is 6.67. The van der Waals surface area contributed by atoms with Crippen molar-refractivity contribution in [2.24, 2.45) is 5.11 Å². The van der Waals surface area contributed by atoms with E-state index in [1.807, 2.05) is 23.5 Å². The summed E-state index contributed by atoms with van der Waals surface area (Å²) in [4.78, 5) is 2.98. The van der Waals surface area contributed by atoms with Crippen LogP contribution >= 0.6 is 23.5 Å². The highest BCUT2D eigenvalue weighted by Gasteiger charge is 2.46. The van der Waals surface area contributed by atoms with Crippen LogP contribution < -0.4 is 0 Å². The second kappa shape index (κ2) is 6.20. The molecule has 7 heteroatoms. The van der Waals surface area contributed by atoms with Crippen molar-refractivity contribution in [1.82, 2.24) is 0 Å². The number of nitrogens with zero attached hydrogens (tertiary/aromatic N) is 3. The summed E-state index contributed by atoms with van der Waals surface area (Å²) in [6.07, 6.45) is 3.07. The fraction of sp³-hybridized carbons (Fsp3) is 0.857. The first-order chi connectivity index (χ1) is 9.70. The Morgan fingerprint density at radius 3 is 2.57 bits per heavy atom. The molecule has 118 valence electrons. The molecule has 1 atom stereocenters. The summed E-state index contributed by atoms with van der Waals surface area (Å²) >= 11 is 3.99. The van der Waals surface area contributed by atoms with Crippen LogP contribution in [0.4, 0.5) is 0 Å². The Morgan fingerprint density at radius 1 is 1.43 bits per heavy atom. The van der Waals surface area contributed by atoms with E-state index in [0.29, 0.717) is 6.61 Å². The van der Waals surface area contributed by atoms with Gasteiger partial charge in [-0.2, -0.15) is 0 Å². The van der Waals surface area contributed by atoms with Crippen molar-refractivity contribution >= 4 is 31.8 Å². The molecule has 0 aromatic rings. The SMILES string of the molecule is CC(C)(C)[Si](C)(C)OCC1=C[C@@H](N=[N+]=[N-])CC12SCCS2. The number of rotatable bonds is 4. The molecule has 0 saturated carbocycles. The van der Waals surface area contributed by atoms with Crippen LogP contribution in [0.25, 0.3) is 10.4 Å². The third kappa shape index (κ3) is 3.64. The van der Waals surface area contributed by atoms with Gasteiger partial charge in [-0.3, -0.25) is 0 Å². The predicted molar refractivity (Wildman–Crippen MR) is 96.4 cm³/mol. The average molecular weight is 344 g/mol. The summed E-state index contributed by atoms with van der Waals surface area (Å²) in [5.41, 5.74) is 10.0. The van der Waals surface area contributed by atoms with Gasteiger partial charge in [0.05, 0.1) is 16.7 Å². The van der Waals surface area contributed by atoms with Crippen molar-refractivity contribution in [2.45, 2.75) is 55.4 Å². The number of azide groups is 1. The first kappa shape index (κ1) is 17.3. The minimum Gasteiger partial charge on any atom is -0.413 e. The zero-order chi connectivity index (χ0) is 15.7. The van der Waals surface area contributed by atoms with Crippen LogP contribution in [0.3, 0.4) is 0 Å². The van der Waals surface area contributed by atoms with E-state index >= 15 is 0 Å². The first-order valence-corrected chi connectivity index (χ1v) is 12.3. The maximum atomic E-state index is 8.70. The predicted octanol–water partition coefficient (Wildman–Crippen LogP) is 5.19. The molecule has 1 saturated heterocycles. The smallest absolute Gasteiger partial charge is 0.192 e. The molecule has 21 heavy (non-hydrogen) atoms. The van der Waals surface area contributed by atoms with Crippen LogP contribution in [0.1, 0.15) is 27.2 Å². The lowest BCUT2D eigenvalue weighted by Gasteiger charge is -2.37. The Bertz CT molecular complexity index is 475. The molecule has 4 nitrogen and oxygen atoms in total. The normalized spacial score (nSPS) is 25.0. The first-order valence-electron chi connectivity index (χ1n) is 7.37. The summed E-state index contributed by atoms with van der Waals surface area (Å²) in [7, 11) is -1.74. The van der Waals surface area contributed by atoms with Crippen LogP contribution in [-0.2, 0) is 4.43 Å². The van der Waals surface area contributed by atoms with Gasteiger partial charge in [-0.1, -0.05) is 32.0 Å². The molecular weight excluding hydrogens is 318 g/mol. The summed E-state index contributed by atoms with van der Waals surface area (Å²) in [5.74, 6) is 2.34. The van der Waals surface area contributed by atoms with Crippen molar-refractivity contribution in [3.05, 3.63) is 22.1 Å². The van der Waals surface area contributed by atoms with Gasteiger partial charge in [-0.15, -0.1) is 23.5 Å². The summed E-state index contributed by atoms with van der Waals surface area (Å²) in [5, 5.41) is 4.14. The van der Waals surface area contributed by atoms with E-state index < -0.39 is 8.32 Å². The van der Waals surface area contributed by atoms with E-state index in [0.717, 1.165) is 6.42 Å². The van der Waals surface area contributed by atoms with Gasteiger partial charge in [-0.05, 0) is 35.7 Å². The quantitative estimate of drug-likeness (QED) is 0.232. The van der Waals surface area contributed by atoms with E-state index in [1.165, 1.54) is 17.1 Å². The molecule has 2 rings (SSSR count). The highest BCUT2D eigenvalue weighted by molar-refractivity contribution is 8.21. The summed E-state index contributed by atoms with van der Waals surface area (Å²) in [6.45, 7) is 12.1. The Balaban J connectivity index is 2.12. The molecule has 0 aromatic heterocycles. The molecule has 1 heterocycles. The van der Waals surface area contributed by atoms with Gasteiger partial charge < -0.3 is 4.43 Å². The molecule has 0 aromatic carbocycles. The van der Waals surface area contributed by atoms with E-state index in [2.05, 4.69) is 50.0 Å². The Hall–Kier alpha value is -0.0731. The van der Waals surface area contributed by atoms with Crippen molar-refractivity contribution in [3.8, 4) is 0 Å². The van der Waals surface area contributed by atoms with Crippen molar-refractivity contribution in [2.75, 3.05) is 18.1 Å². The number of hydrogen-bond donors (Lipinski definition) is 0. The lowest BCUT2D eigenvalue weighted by Crippen LogP contribution is -2.42. The Labute approximate surface area is 137 Å². The molecule has 2 aliphatic rings. The molecule has 0 bridgehead atoms. The number of thioether (sulfide) groups is 2. The van der Waals surface area contributed by atoms with Crippen LogP contribution in [0.15, 0.2) is 16.8 Å². The van der Waals surface area contributed by atoms with Gasteiger partial charge in [0.2, 0.25) is 0 Å². The molecular formula is C14H25N3OS2Si. The highest BCUT2D eigenvalue weighted by atomic mass is 32.2. The largest absolute Gasteiger partial charge is 0.413 e. The Morgan fingerprint density at radius 2 is 2.05 bits per heavy atom. The molecule has 0 N–H and O–H groups in total. The van der Waals surface area contributed by atoms with Crippen LogP contribution in [0.5, 0.6) is 0 Å². The molecule has 1 aliphatic carbocycles. The molecule has 1 fully saturated rings. The van der Waals surface area contributed by atoms with Crippen molar-refractivity contribution < 1.29 is 4.43 Å². The number of hydrogen-bond acceptors (Lipinski definition) is 4. The minimum atomic E-state index is -1.74. The molecule has 0 radical (unpaired) electrons. The minimum absolute atomic E-state index is 0.00823. The standard InChI is InChI=1S/C14H25N3OS2Si/c1-13(2,3)21(4,5)18-10-11-8-12(16-17-15)9-14(11)19-6-7-20-14/h8,12H,6-7,9-10H2,1-5H3/t12-/m1/s1. The highest BCUT2D eigenvalue weighted by Crippen LogP contribution is 2.56. The zero-order valence-corrected chi connectivity index (χ0v) is 16.2.